The Kier molecular flexibility index (Phi) is 3.82. The van der Waals surface area contributed by atoms with E-state index in [-0.39, 0.29) is 11.5 Å². The smallest absolute Gasteiger partial charge is 0.273 e. The number of ether oxygens (including phenoxy) is 2. The normalized spacial score (nSPS) is 11.4. The van der Waals surface area contributed by atoms with Crippen molar-refractivity contribution in [1.29, 1.82) is 0 Å². The summed E-state index contributed by atoms with van der Waals surface area (Å²) in [4.78, 5) is 1.87. The number of methoxy groups -OCH3 is 2. The molecule has 0 N–H and O–H groups in total. The molecule has 7 heteroatoms. The summed E-state index contributed by atoms with van der Waals surface area (Å²) in [7, 11) is 3.20. The SMILES string of the molecule is COC(OC)c1cc(C)c(-c2nnc(S)o2)s1. The second kappa shape index (κ2) is 5.18. The Hall–Kier alpha value is -0.890. The number of nitrogens with zero attached hydrogens (tertiary/aromatic N) is 2. The molecule has 5 nitrogen and oxygen atoms in total. The lowest BCUT2D eigenvalue weighted by Crippen LogP contribution is -2.00. The molecule has 0 aliphatic carbocycles. The average Bonchev–Trinajstić information content (AvgIpc) is 2.87. The zero-order valence-corrected chi connectivity index (χ0v) is 11.3. The van der Waals surface area contributed by atoms with Gasteiger partial charge in [-0.3, -0.25) is 0 Å². The van der Waals surface area contributed by atoms with E-state index in [9.17, 15) is 0 Å². The van der Waals surface area contributed by atoms with Gasteiger partial charge in [0, 0.05) is 14.2 Å². The lowest BCUT2D eigenvalue weighted by Gasteiger charge is -2.10. The van der Waals surface area contributed by atoms with Gasteiger partial charge in [0.2, 0.25) is 0 Å². The predicted octanol–water partition coefficient (Wildman–Crippen LogP) is 2.69. The van der Waals surface area contributed by atoms with Gasteiger partial charge in [-0.1, -0.05) is 12.6 Å². The van der Waals surface area contributed by atoms with Crippen molar-refractivity contribution in [3.8, 4) is 10.8 Å². The van der Waals surface area contributed by atoms with E-state index in [0.717, 1.165) is 15.3 Å². The molecular weight excluding hydrogens is 260 g/mol. The Bertz CT molecular complexity index is 505. The summed E-state index contributed by atoms with van der Waals surface area (Å²) in [5, 5.41) is 7.88. The maximum Gasteiger partial charge on any atom is 0.273 e. The molecule has 0 saturated heterocycles. The van der Waals surface area contributed by atoms with Crippen LogP contribution in [-0.2, 0) is 9.47 Å². The first-order valence-corrected chi connectivity index (χ1v) is 6.10. The van der Waals surface area contributed by atoms with Crippen LogP contribution < -0.4 is 0 Å². The number of aromatic nitrogens is 2. The maximum absolute atomic E-state index is 5.28. The molecular formula is C10H12N2O3S2. The Morgan fingerprint density at radius 1 is 1.35 bits per heavy atom. The van der Waals surface area contributed by atoms with Crippen LogP contribution in [-0.4, -0.2) is 24.4 Å². The van der Waals surface area contributed by atoms with Crippen LogP contribution in [0.25, 0.3) is 10.8 Å². The topological polar surface area (TPSA) is 57.4 Å². The van der Waals surface area contributed by atoms with Crippen molar-refractivity contribution in [3.05, 3.63) is 16.5 Å². The van der Waals surface area contributed by atoms with Crippen molar-refractivity contribution >= 4 is 24.0 Å². The molecule has 0 bridgehead atoms. The molecule has 92 valence electrons. The van der Waals surface area contributed by atoms with E-state index in [0.29, 0.717) is 5.89 Å². The van der Waals surface area contributed by atoms with E-state index in [2.05, 4.69) is 22.8 Å². The van der Waals surface area contributed by atoms with E-state index in [1.54, 1.807) is 14.2 Å². The molecule has 2 rings (SSSR count). The van der Waals surface area contributed by atoms with Crippen molar-refractivity contribution in [1.82, 2.24) is 10.2 Å². The highest BCUT2D eigenvalue weighted by Crippen LogP contribution is 2.35. The molecule has 17 heavy (non-hydrogen) atoms. The van der Waals surface area contributed by atoms with Crippen LogP contribution in [0.4, 0.5) is 0 Å². The van der Waals surface area contributed by atoms with Gasteiger partial charge >= 0.3 is 0 Å². The van der Waals surface area contributed by atoms with Crippen LogP contribution in [0.1, 0.15) is 16.7 Å². The zero-order valence-electron chi connectivity index (χ0n) is 9.63. The molecule has 2 heterocycles. The molecule has 0 atom stereocenters. The predicted molar refractivity (Wildman–Crippen MR) is 66.4 cm³/mol. The van der Waals surface area contributed by atoms with Crippen molar-refractivity contribution in [3.63, 3.8) is 0 Å². The van der Waals surface area contributed by atoms with Crippen molar-refractivity contribution in [2.24, 2.45) is 0 Å². The first kappa shape index (κ1) is 12.6. The summed E-state index contributed by atoms with van der Waals surface area (Å²) < 4.78 is 15.7. The average molecular weight is 272 g/mol. The largest absolute Gasteiger partial charge is 0.411 e. The number of thiophene rings is 1. The second-order valence-electron chi connectivity index (χ2n) is 3.35. The van der Waals surface area contributed by atoms with Gasteiger partial charge in [-0.2, -0.15) is 0 Å². The highest BCUT2D eigenvalue weighted by atomic mass is 32.1. The summed E-state index contributed by atoms with van der Waals surface area (Å²) in [5.41, 5.74) is 1.04. The first-order valence-electron chi connectivity index (χ1n) is 4.84. The van der Waals surface area contributed by atoms with Gasteiger partial charge in [-0.05, 0) is 18.6 Å². The summed E-state index contributed by atoms with van der Waals surface area (Å²) in [6.07, 6.45) is -0.370. The number of hydrogen-bond acceptors (Lipinski definition) is 7. The number of thiol groups is 1. The number of aryl methyl sites for hydroxylation is 1. The quantitative estimate of drug-likeness (QED) is 0.685. The molecule has 0 spiro atoms. The molecule has 0 aromatic carbocycles. The van der Waals surface area contributed by atoms with Gasteiger partial charge in [0.15, 0.2) is 6.29 Å². The molecule has 2 aromatic heterocycles. The van der Waals surface area contributed by atoms with Crippen LogP contribution in [0.5, 0.6) is 0 Å². The van der Waals surface area contributed by atoms with Crippen LogP contribution in [0, 0.1) is 6.92 Å². The zero-order chi connectivity index (χ0) is 12.4. The third-order valence-corrected chi connectivity index (χ3v) is 3.63. The van der Waals surface area contributed by atoms with E-state index in [4.69, 9.17) is 13.9 Å². The molecule has 0 fully saturated rings. The molecule has 0 unspecified atom stereocenters. The summed E-state index contributed by atoms with van der Waals surface area (Å²) in [6.45, 7) is 1.97. The minimum absolute atomic E-state index is 0.254. The molecule has 0 amide bonds. The Morgan fingerprint density at radius 2 is 2.06 bits per heavy atom. The minimum Gasteiger partial charge on any atom is -0.411 e. The Morgan fingerprint density at radius 3 is 2.59 bits per heavy atom. The fourth-order valence-electron chi connectivity index (χ4n) is 1.47. The van der Waals surface area contributed by atoms with Crippen molar-refractivity contribution < 1.29 is 13.9 Å². The van der Waals surface area contributed by atoms with Crippen LogP contribution in [0.15, 0.2) is 15.7 Å². The van der Waals surface area contributed by atoms with Gasteiger partial charge in [-0.15, -0.1) is 21.5 Å². The number of rotatable bonds is 4. The van der Waals surface area contributed by atoms with Crippen LogP contribution in [0.2, 0.25) is 0 Å². The van der Waals surface area contributed by atoms with Gasteiger partial charge in [0.25, 0.3) is 11.1 Å². The van der Waals surface area contributed by atoms with Gasteiger partial charge in [0.05, 0.1) is 9.75 Å². The molecule has 0 aliphatic rings. The first-order chi connectivity index (χ1) is 8.15. The Labute approximate surface area is 108 Å². The molecule has 0 radical (unpaired) electrons. The second-order valence-corrected chi connectivity index (χ2v) is 4.82. The highest BCUT2D eigenvalue weighted by Gasteiger charge is 2.18. The standard InChI is InChI=1S/C10H12N2O3S2/c1-5-4-6(9(13-2)14-3)17-7(5)8-11-12-10(16)15-8/h4,9H,1-3H3,(H,12,16). The third-order valence-electron chi connectivity index (χ3n) is 2.21. The van der Waals surface area contributed by atoms with Crippen molar-refractivity contribution in [2.45, 2.75) is 18.4 Å². The molecule has 0 saturated carbocycles. The highest BCUT2D eigenvalue weighted by molar-refractivity contribution is 7.80. The molecule has 0 aliphatic heterocycles. The van der Waals surface area contributed by atoms with Crippen molar-refractivity contribution in [2.75, 3.05) is 14.2 Å². The van der Waals surface area contributed by atoms with Gasteiger partial charge in [-0.25, -0.2) is 0 Å². The van der Waals surface area contributed by atoms with Gasteiger partial charge in [0.1, 0.15) is 0 Å². The third kappa shape index (κ3) is 2.52. The van der Waals surface area contributed by atoms with E-state index in [1.165, 1.54) is 11.3 Å². The lowest BCUT2D eigenvalue weighted by atomic mass is 10.2. The maximum atomic E-state index is 5.28. The summed E-state index contributed by atoms with van der Waals surface area (Å²) in [5.74, 6) is 0.467. The van der Waals surface area contributed by atoms with E-state index >= 15 is 0 Å². The summed E-state index contributed by atoms with van der Waals surface area (Å²) >= 11 is 5.49. The molecule has 2 aromatic rings. The van der Waals surface area contributed by atoms with E-state index in [1.807, 2.05) is 13.0 Å². The monoisotopic (exact) mass is 272 g/mol. The van der Waals surface area contributed by atoms with Gasteiger partial charge < -0.3 is 13.9 Å². The summed E-state index contributed by atoms with van der Waals surface area (Å²) in [6, 6.07) is 1.99. The fraction of sp³-hybridized carbons (Fsp3) is 0.400. The lowest BCUT2D eigenvalue weighted by molar-refractivity contribution is -0.103. The van der Waals surface area contributed by atoms with Crippen LogP contribution >= 0.6 is 24.0 Å². The van der Waals surface area contributed by atoms with E-state index < -0.39 is 0 Å². The Balaban J connectivity index is 2.37. The number of hydrogen-bond donors (Lipinski definition) is 1. The van der Waals surface area contributed by atoms with Crippen LogP contribution in [0.3, 0.4) is 0 Å². The minimum atomic E-state index is -0.370. The fourth-order valence-corrected chi connectivity index (χ4v) is 2.75.